The molecule has 0 radical (unpaired) electrons. The van der Waals surface area contributed by atoms with Crippen LogP contribution in [-0.4, -0.2) is 30.7 Å². The van der Waals surface area contributed by atoms with Gasteiger partial charge in [-0.15, -0.1) is 11.3 Å². The van der Waals surface area contributed by atoms with E-state index in [2.05, 4.69) is 4.98 Å². The summed E-state index contributed by atoms with van der Waals surface area (Å²) < 4.78 is 51.5. The lowest BCUT2D eigenvalue weighted by molar-refractivity contribution is -0.122. The number of sulfone groups is 1. The van der Waals surface area contributed by atoms with Crippen LogP contribution in [-0.2, 0) is 16.3 Å². The Morgan fingerprint density at radius 1 is 1.46 bits per heavy atom. The van der Waals surface area contributed by atoms with Crippen molar-refractivity contribution in [3.05, 3.63) is 35.2 Å². The first-order chi connectivity index (χ1) is 11.1. The number of halogens is 2. The smallest absolute Gasteiger partial charge is 0.277 e. The quantitative estimate of drug-likeness (QED) is 0.878. The molecule has 1 N–H and O–H groups in total. The van der Waals surface area contributed by atoms with Crippen molar-refractivity contribution >= 4 is 21.2 Å². The highest BCUT2D eigenvalue weighted by atomic mass is 32.2. The van der Waals surface area contributed by atoms with Crippen LogP contribution in [0.2, 0.25) is 0 Å². The van der Waals surface area contributed by atoms with E-state index in [-0.39, 0.29) is 21.8 Å². The van der Waals surface area contributed by atoms with Gasteiger partial charge in [0.25, 0.3) is 5.92 Å². The van der Waals surface area contributed by atoms with Crippen LogP contribution in [0.4, 0.5) is 8.78 Å². The molecule has 24 heavy (non-hydrogen) atoms. The van der Waals surface area contributed by atoms with E-state index >= 15 is 0 Å². The van der Waals surface area contributed by atoms with Gasteiger partial charge in [0.2, 0.25) is 0 Å². The van der Waals surface area contributed by atoms with E-state index in [1.54, 1.807) is 0 Å². The standard InChI is InChI=1S/C15H12F2N2O3S2/c1-24(21,22)14-11-10(2-3-15(16,17)13(11)20)12(23-14)9-4-8(5-18)6-19-7-9/h4,6-7,13,20H,2-3H2,1H3/t13-/m0/s1. The maximum Gasteiger partial charge on any atom is 0.277 e. The fourth-order valence-corrected chi connectivity index (χ4v) is 5.34. The van der Waals surface area contributed by atoms with Crippen LogP contribution >= 0.6 is 11.3 Å². The topological polar surface area (TPSA) is 91.0 Å². The second-order valence-corrected chi connectivity index (χ2v) is 8.85. The minimum Gasteiger partial charge on any atom is -0.382 e. The maximum atomic E-state index is 13.9. The van der Waals surface area contributed by atoms with Crippen LogP contribution in [0.1, 0.15) is 29.2 Å². The Labute approximate surface area is 141 Å². The lowest BCUT2D eigenvalue weighted by Gasteiger charge is -2.28. The van der Waals surface area contributed by atoms with Crippen LogP contribution in [0.25, 0.3) is 10.4 Å². The number of thiophene rings is 1. The zero-order valence-electron chi connectivity index (χ0n) is 12.5. The van der Waals surface area contributed by atoms with Crippen molar-refractivity contribution in [2.24, 2.45) is 0 Å². The molecule has 1 aliphatic rings. The molecule has 1 aliphatic carbocycles. The molecule has 2 aromatic rings. The largest absolute Gasteiger partial charge is 0.382 e. The molecule has 0 aromatic carbocycles. The van der Waals surface area contributed by atoms with Crippen LogP contribution < -0.4 is 0 Å². The number of aromatic nitrogens is 1. The lowest BCUT2D eigenvalue weighted by atomic mass is 9.87. The number of nitrogens with zero attached hydrogens (tertiary/aromatic N) is 2. The van der Waals surface area contributed by atoms with Crippen LogP contribution in [0.3, 0.4) is 0 Å². The zero-order valence-corrected chi connectivity index (χ0v) is 14.1. The zero-order chi connectivity index (χ0) is 17.7. The molecule has 0 saturated heterocycles. The first-order valence-electron chi connectivity index (χ1n) is 6.92. The summed E-state index contributed by atoms with van der Waals surface area (Å²) in [6.45, 7) is 0. The van der Waals surface area contributed by atoms with Crippen molar-refractivity contribution in [3.8, 4) is 16.5 Å². The third-order valence-electron chi connectivity index (χ3n) is 3.86. The van der Waals surface area contributed by atoms with Crippen molar-refractivity contribution in [2.45, 2.75) is 29.1 Å². The number of alkyl halides is 2. The Balaban J connectivity index is 2.29. The molecule has 2 heterocycles. The number of aliphatic hydroxyl groups is 1. The van der Waals surface area contributed by atoms with E-state index in [0.717, 1.165) is 17.6 Å². The van der Waals surface area contributed by atoms with E-state index in [0.29, 0.717) is 16.0 Å². The average molecular weight is 370 g/mol. The molecule has 0 bridgehead atoms. The van der Waals surface area contributed by atoms with Gasteiger partial charge >= 0.3 is 0 Å². The number of hydrogen-bond donors (Lipinski definition) is 1. The van der Waals surface area contributed by atoms with Crippen LogP contribution in [0.5, 0.6) is 0 Å². The molecule has 0 aliphatic heterocycles. The Kier molecular flexibility index (Phi) is 3.94. The number of rotatable bonds is 2. The average Bonchev–Trinajstić information content (AvgIpc) is 2.91. The third-order valence-corrected chi connectivity index (χ3v) is 7.01. The summed E-state index contributed by atoms with van der Waals surface area (Å²) in [6, 6.07) is 3.45. The summed E-state index contributed by atoms with van der Waals surface area (Å²) in [4.78, 5) is 4.37. The predicted molar refractivity (Wildman–Crippen MR) is 83.6 cm³/mol. The summed E-state index contributed by atoms with van der Waals surface area (Å²) in [5.41, 5.74) is 0.909. The van der Waals surface area contributed by atoms with Crippen LogP contribution in [0, 0.1) is 11.3 Å². The Bertz CT molecular complexity index is 962. The summed E-state index contributed by atoms with van der Waals surface area (Å²) in [5.74, 6) is -3.38. The summed E-state index contributed by atoms with van der Waals surface area (Å²) in [7, 11) is -3.79. The van der Waals surface area contributed by atoms with Gasteiger partial charge < -0.3 is 5.11 Å². The van der Waals surface area contributed by atoms with Gasteiger partial charge in [-0.05, 0) is 18.1 Å². The maximum absolute atomic E-state index is 13.9. The van der Waals surface area contributed by atoms with Gasteiger partial charge in [0.15, 0.2) is 9.84 Å². The Morgan fingerprint density at radius 2 is 2.17 bits per heavy atom. The first kappa shape index (κ1) is 17.0. The second-order valence-electron chi connectivity index (χ2n) is 5.62. The number of fused-ring (bicyclic) bond motifs is 1. The van der Waals surface area contributed by atoms with Gasteiger partial charge in [0, 0.05) is 41.1 Å². The first-order valence-corrected chi connectivity index (χ1v) is 9.63. The molecule has 1 atom stereocenters. The van der Waals surface area contributed by atoms with E-state index < -0.39 is 28.3 Å². The molecule has 0 saturated carbocycles. The monoisotopic (exact) mass is 370 g/mol. The highest BCUT2D eigenvalue weighted by Gasteiger charge is 2.47. The molecule has 0 unspecified atom stereocenters. The molecular formula is C15H12F2N2O3S2. The van der Waals surface area contributed by atoms with Crippen molar-refractivity contribution in [1.82, 2.24) is 4.98 Å². The van der Waals surface area contributed by atoms with E-state index in [9.17, 15) is 22.3 Å². The molecule has 9 heteroatoms. The molecule has 126 valence electrons. The molecular weight excluding hydrogens is 358 g/mol. The Hall–Kier alpha value is -1.89. The fraction of sp³-hybridized carbons (Fsp3) is 0.333. The third kappa shape index (κ3) is 2.70. The summed E-state index contributed by atoms with van der Waals surface area (Å²) >= 11 is 0.828. The number of pyridine rings is 1. The predicted octanol–water partition coefficient (Wildman–Crippen LogP) is 2.70. The molecule has 0 fully saturated rings. The molecule has 2 aromatic heterocycles. The number of nitriles is 1. The molecule has 3 rings (SSSR count). The van der Waals surface area contributed by atoms with Gasteiger partial charge in [0.1, 0.15) is 16.4 Å². The van der Waals surface area contributed by atoms with E-state index in [4.69, 9.17) is 5.26 Å². The Morgan fingerprint density at radius 3 is 2.79 bits per heavy atom. The lowest BCUT2D eigenvalue weighted by Crippen LogP contribution is -2.32. The van der Waals surface area contributed by atoms with Gasteiger partial charge in [-0.2, -0.15) is 5.26 Å². The van der Waals surface area contributed by atoms with Crippen molar-refractivity contribution in [3.63, 3.8) is 0 Å². The van der Waals surface area contributed by atoms with E-state index in [1.165, 1.54) is 18.5 Å². The highest BCUT2D eigenvalue weighted by molar-refractivity contribution is 7.92. The fourth-order valence-electron chi connectivity index (χ4n) is 2.75. The van der Waals surface area contributed by atoms with E-state index in [1.807, 2.05) is 6.07 Å². The minimum absolute atomic E-state index is 0.0580. The second kappa shape index (κ2) is 5.58. The molecule has 0 amide bonds. The molecule has 0 spiro atoms. The van der Waals surface area contributed by atoms with Crippen LogP contribution in [0.15, 0.2) is 22.7 Å². The van der Waals surface area contributed by atoms with Gasteiger partial charge in [-0.3, -0.25) is 4.98 Å². The normalized spacial score (nSPS) is 19.5. The summed E-state index contributed by atoms with van der Waals surface area (Å²) in [6.07, 6.45) is 0.925. The minimum atomic E-state index is -3.79. The molecule has 5 nitrogen and oxygen atoms in total. The summed E-state index contributed by atoms with van der Waals surface area (Å²) in [5, 5.41) is 19.0. The van der Waals surface area contributed by atoms with Gasteiger partial charge in [-0.1, -0.05) is 0 Å². The van der Waals surface area contributed by atoms with Crippen molar-refractivity contribution < 1.29 is 22.3 Å². The highest BCUT2D eigenvalue weighted by Crippen LogP contribution is 2.50. The number of hydrogen-bond acceptors (Lipinski definition) is 6. The van der Waals surface area contributed by atoms with Gasteiger partial charge in [0.05, 0.1) is 5.56 Å². The van der Waals surface area contributed by atoms with Gasteiger partial charge in [-0.25, -0.2) is 17.2 Å². The van der Waals surface area contributed by atoms with Crippen molar-refractivity contribution in [1.29, 1.82) is 5.26 Å². The SMILES string of the molecule is CS(=O)(=O)c1sc(-c2cncc(C#N)c2)c2c1[C@H](O)C(F)(F)CC2. The van der Waals surface area contributed by atoms with Crippen molar-refractivity contribution in [2.75, 3.05) is 6.26 Å². The number of aliphatic hydroxyl groups excluding tert-OH is 1.